The molecule has 45 heavy (non-hydrogen) atoms. The Balaban J connectivity index is 1.35. The molecule has 6 nitrogen and oxygen atoms in total. The van der Waals surface area contributed by atoms with Crippen molar-refractivity contribution in [1.29, 1.82) is 0 Å². The number of sulfone groups is 1. The van der Waals surface area contributed by atoms with Crippen LogP contribution in [0.2, 0.25) is 0 Å². The number of carbonyl (C=O) groups is 2. The Kier molecular flexibility index (Phi) is 11.0. The van der Waals surface area contributed by atoms with Gasteiger partial charge in [0.25, 0.3) is 0 Å². The summed E-state index contributed by atoms with van der Waals surface area (Å²) in [6.45, 7) is 12.4. The standard InChI is InChI=1S/C38H44N2O4S/c1-25(2)23-29-7-11-31(12-8-29)27(5)37(41)39-33-15-19-35(20-16-33)45(43,44)36-21-17-34(18-22-36)40-38(42)28(6)32-13-9-30(10-14-32)24-26(3)4/h7-22,25-28H,23-24H2,1-6H3,(H,39,41)(H,40,42)/t27-,28+. The largest absolute Gasteiger partial charge is 0.326 e. The van der Waals surface area contributed by atoms with E-state index in [2.05, 4.69) is 62.6 Å². The van der Waals surface area contributed by atoms with E-state index in [0.717, 1.165) is 24.0 Å². The Bertz CT molecular complexity index is 1570. The molecule has 2 amide bonds. The highest BCUT2D eigenvalue weighted by Crippen LogP contribution is 2.26. The Morgan fingerprint density at radius 2 is 0.822 bits per heavy atom. The Labute approximate surface area is 268 Å². The second-order valence-electron chi connectivity index (χ2n) is 12.7. The van der Waals surface area contributed by atoms with Crippen molar-refractivity contribution in [1.82, 2.24) is 0 Å². The van der Waals surface area contributed by atoms with Gasteiger partial charge in [-0.05, 0) is 109 Å². The quantitative estimate of drug-likeness (QED) is 0.166. The minimum Gasteiger partial charge on any atom is -0.326 e. The lowest BCUT2D eigenvalue weighted by molar-refractivity contribution is -0.118. The molecule has 0 radical (unpaired) electrons. The van der Waals surface area contributed by atoms with Gasteiger partial charge in [0, 0.05) is 11.4 Å². The van der Waals surface area contributed by atoms with Gasteiger partial charge < -0.3 is 10.6 Å². The molecular formula is C38H44N2O4S. The molecule has 0 fully saturated rings. The fourth-order valence-corrected chi connectivity index (χ4v) is 6.46. The zero-order chi connectivity index (χ0) is 32.7. The summed E-state index contributed by atoms with van der Waals surface area (Å²) in [7, 11) is -3.80. The smallest absolute Gasteiger partial charge is 0.231 e. The summed E-state index contributed by atoms with van der Waals surface area (Å²) in [5.41, 5.74) is 5.36. The highest BCUT2D eigenvalue weighted by atomic mass is 32.2. The zero-order valence-electron chi connectivity index (χ0n) is 27.0. The maximum Gasteiger partial charge on any atom is 0.231 e. The number of hydrogen-bond donors (Lipinski definition) is 2. The van der Waals surface area contributed by atoms with Crippen LogP contribution in [-0.4, -0.2) is 20.2 Å². The molecule has 0 saturated heterocycles. The molecule has 2 N–H and O–H groups in total. The first-order valence-corrected chi connectivity index (χ1v) is 17.1. The summed E-state index contributed by atoms with van der Waals surface area (Å²) in [6.07, 6.45) is 1.98. The van der Waals surface area contributed by atoms with Gasteiger partial charge in [0.1, 0.15) is 0 Å². The van der Waals surface area contributed by atoms with Crippen molar-refractivity contribution in [3.8, 4) is 0 Å². The van der Waals surface area contributed by atoms with Crippen LogP contribution in [0.1, 0.15) is 75.6 Å². The monoisotopic (exact) mass is 624 g/mol. The third-order valence-electron chi connectivity index (χ3n) is 7.90. The predicted octanol–water partition coefficient (Wildman–Crippen LogP) is 8.40. The van der Waals surface area contributed by atoms with E-state index in [1.807, 2.05) is 38.1 Å². The number of nitrogens with one attached hydrogen (secondary N) is 2. The van der Waals surface area contributed by atoms with E-state index < -0.39 is 9.84 Å². The Morgan fingerprint density at radius 1 is 0.511 bits per heavy atom. The molecule has 0 spiro atoms. The van der Waals surface area contributed by atoms with Crippen molar-refractivity contribution in [3.05, 3.63) is 119 Å². The third kappa shape index (κ3) is 8.92. The normalized spacial score (nSPS) is 13.0. The number of carbonyl (C=O) groups excluding carboxylic acids is 2. The van der Waals surface area contributed by atoms with Gasteiger partial charge >= 0.3 is 0 Å². The number of amides is 2. The first-order valence-electron chi connectivity index (χ1n) is 15.6. The van der Waals surface area contributed by atoms with E-state index in [0.29, 0.717) is 23.2 Å². The summed E-state index contributed by atoms with van der Waals surface area (Å²) in [5, 5.41) is 5.78. The topological polar surface area (TPSA) is 92.3 Å². The molecule has 0 aromatic heterocycles. The molecule has 2 atom stereocenters. The van der Waals surface area contributed by atoms with Crippen LogP contribution in [0.3, 0.4) is 0 Å². The lowest BCUT2D eigenvalue weighted by Crippen LogP contribution is -2.19. The fraction of sp³-hybridized carbons (Fsp3) is 0.316. The molecular weight excluding hydrogens is 580 g/mol. The summed E-state index contributed by atoms with van der Waals surface area (Å²) in [6, 6.07) is 28.5. The lowest BCUT2D eigenvalue weighted by Gasteiger charge is -2.15. The van der Waals surface area contributed by atoms with E-state index in [9.17, 15) is 18.0 Å². The van der Waals surface area contributed by atoms with E-state index in [1.54, 1.807) is 24.3 Å². The van der Waals surface area contributed by atoms with Gasteiger partial charge in [-0.25, -0.2) is 8.42 Å². The zero-order valence-corrected chi connectivity index (χ0v) is 27.8. The molecule has 0 heterocycles. The summed E-state index contributed by atoms with van der Waals surface area (Å²) < 4.78 is 26.6. The van der Waals surface area contributed by atoms with Crippen molar-refractivity contribution in [3.63, 3.8) is 0 Å². The van der Waals surface area contributed by atoms with Crippen molar-refractivity contribution in [2.24, 2.45) is 11.8 Å². The average Bonchev–Trinajstić information content (AvgIpc) is 3.01. The van der Waals surface area contributed by atoms with E-state index in [4.69, 9.17) is 0 Å². The van der Waals surface area contributed by atoms with Crippen molar-refractivity contribution >= 4 is 33.0 Å². The molecule has 0 aliphatic carbocycles. The molecule has 4 aromatic carbocycles. The van der Waals surface area contributed by atoms with Crippen LogP contribution in [0, 0.1) is 11.8 Å². The van der Waals surface area contributed by atoms with Gasteiger partial charge in [0.15, 0.2) is 0 Å². The number of benzene rings is 4. The molecule has 0 unspecified atom stereocenters. The van der Waals surface area contributed by atoms with Gasteiger partial charge in [-0.2, -0.15) is 0 Å². The fourth-order valence-electron chi connectivity index (χ4n) is 5.20. The van der Waals surface area contributed by atoms with Crippen LogP contribution in [0.25, 0.3) is 0 Å². The Hall–Kier alpha value is -4.23. The molecule has 4 aromatic rings. The molecule has 0 saturated carbocycles. The summed E-state index contributed by atoms with van der Waals surface area (Å²) >= 11 is 0. The first-order chi connectivity index (χ1) is 21.3. The molecule has 4 rings (SSSR count). The third-order valence-corrected chi connectivity index (χ3v) is 9.68. The van der Waals surface area contributed by atoms with Crippen molar-refractivity contribution in [2.45, 2.75) is 76.0 Å². The summed E-state index contributed by atoms with van der Waals surface area (Å²) in [5.74, 6) is 0.0630. The second-order valence-corrected chi connectivity index (χ2v) is 14.6. The van der Waals surface area contributed by atoms with Crippen LogP contribution in [0.4, 0.5) is 11.4 Å². The minimum atomic E-state index is -3.80. The molecule has 0 bridgehead atoms. The first kappa shape index (κ1) is 33.7. The average molecular weight is 625 g/mol. The van der Waals surface area contributed by atoms with Gasteiger partial charge in [-0.1, -0.05) is 76.2 Å². The Morgan fingerprint density at radius 3 is 1.11 bits per heavy atom. The minimum absolute atomic E-state index is 0.112. The molecule has 236 valence electrons. The van der Waals surface area contributed by atoms with Gasteiger partial charge in [-0.3, -0.25) is 9.59 Å². The predicted molar refractivity (Wildman–Crippen MR) is 182 cm³/mol. The van der Waals surface area contributed by atoms with E-state index in [1.165, 1.54) is 35.4 Å². The van der Waals surface area contributed by atoms with Crippen LogP contribution in [0.5, 0.6) is 0 Å². The van der Waals surface area contributed by atoms with Crippen LogP contribution in [-0.2, 0) is 32.3 Å². The van der Waals surface area contributed by atoms with Gasteiger partial charge in [0.05, 0.1) is 21.6 Å². The van der Waals surface area contributed by atoms with Crippen molar-refractivity contribution in [2.75, 3.05) is 10.6 Å². The number of rotatable bonds is 12. The highest BCUT2D eigenvalue weighted by molar-refractivity contribution is 7.91. The summed E-state index contributed by atoms with van der Waals surface area (Å²) in [4.78, 5) is 26.0. The maximum absolute atomic E-state index is 13.3. The van der Waals surface area contributed by atoms with E-state index >= 15 is 0 Å². The molecule has 0 aliphatic rings. The molecule has 0 aliphatic heterocycles. The second kappa shape index (κ2) is 14.7. The van der Waals surface area contributed by atoms with Gasteiger partial charge in [-0.15, -0.1) is 0 Å². The van der Waals surface area contributed by atoms with Crippen LogP contribution >= 0.6 is 0 Å². The van der Waals surface area contributed by atoms with Crippen LogP contribution in [0.15, 0.2) is 107 Å². The molecule has 7 heteroatoms. The number of hydrogen-bond acceptors (Lipinski definition) is 4. The van der Waals surface area contributed by atoms with Crippen LogP contribution < -0.4 is 10.6 Å². The lowest BCUT2D eigenvalue weighted by atomic mass is 9.96. The highest BCUT2D eigenvalue weighted by Gasteiger charge is 2.20. The maximum atomic E-state index is 13.3. The number of anilines is 2. The van der Waals surface area contributed by atoms with E-state index in [-0.39, 0.29) is 33.4 Å². The van der Waals surface area contributed by atoms with Gasteiger partial charge in [0.2, 0.25) is 21.7 Å². The SMILES string of the molecule is CC(C)Cc1ccc([C@H](C)C(=O)Nc2ccc(S(=O)(=O)c3ccc(NC(=O)[C@H](C)c4ccc(CC(C)C)cc4)cc3)cc2)cc1. The van der Waals surface area contributed by atoms with Crippen molar-refractivity contribution < 1.29 is 18.0 Å².